The summed E-state index contributed by atoms with van der Waals surface area (Å²) in [4.78, 5) is 13.5. The van der Waals surface area contributed by atoms with Gasteiger partial charge >= 0.3 is 0 Å². The van der Waals surface area contributed by atoms with E-state index < -0.39 is 10.0 Å². The minimum atomic E-state index is -3.64. The Balaban J connectivity index is 1.78. The number of anilines is 2. The maximum atomic E-state index is 12.2. The van der Waals surface area contributed by atoms with E-state index in [9.17, 15) is 13.2 Å². The lowest BCUT2D eigenvalue weighted by atomic mass is 10.2. The fraction of sp³-hybridized carbons (Fsp3) is 0.267. The molecule has 1 saturated carbocycles. The zero-order valence-corrected chi connectivity index (χ0v) is 14.7. The average Bonchev–Trinajstić information content (AvgIpc) is 3.20. The Morgan fingerprint density at radius 1 is 1.22 bits per heavy atom. The third kappa shape index (κ3) is 3.68. The number of nitrogens with zero attached hydrogens (tertiary/aromatic N) is 1. The van der Waals surface area contributed by atoms with Crippen molar-refractivity contribution >= 4 is 50.2 Å². The second-order valence-electron chi connectivity index (χ2n) is 5.33. The van der Waals surface area contributed by atoms with Crippen LogP contribution in [0.3, 0.4) is 0 Å². The van der Waals surface area contributed by atoms with E-state index >= 15 is 0 Å². The van der Waals surface area contributed by atoms with Crippen LogP contribution in [0.5, 0.6) is 0 Å². The zero-order chi connectivity index (χ0) is 16.6. The van der Waals surface area contributed by atoms with Crippen molar-refractivity contribution in [3.05, 3.63) is 40.7 Å². The van der Waals surface area contributed by atoms with Crippen LogP contribution in [-0.2, 0) is 14.8 Å². The lowest BCUT2D eigenvalue weighted by molar-refractivity contribution is -0.116. The number of amides is 1. The molecule has 1 fully saturated rings. The number of carbonyl (C=O) groups excluding carboxylic acids is 1. The quantitative estimate of drug-likeness (QED) is 0.872. The molecule has 0 aliphatic heterocycles. The van der Waals surface area contributed by atoms with Crippen LogP contribution >= 0.6 is 22.9 Å². The van der Waals surface area contributed by atoms with Gasteiger partial charge < -0.3 is 4.90 Å². The summed E-state index contributed by atoms with van der Waals surface area (Å²) in [6.07, 6.45) is 2.01. The summed E-state index contributed by atoms with van der Waals surface area (Å²) in [5.41, 5.74) is 1.22. The summed E-state index contributed by atoms with van der Waals surface area (Å²) in [6, 6.07) is 10.1. The molecule has 3 rings (SSSR count). The molecular formula is C15H15ClN2O3S2. The maximum Gasteiger partial charge on any atom is 0.271 e. The van der Waals surface area contributed by atoms with Gasteiger partial charge in [0.25, 0.3) is 10.0 Å². The normalized spacial score (nSPS) is 14.5. The van der Waals surface area contributed by atoms with Gasteiger partial charge in [0.05, 0.1) is 4.34 Å². The van der Waals surface area contributed by atoms with Gasteiger partial charge in [0.2, 0.25) is 5.91 Å². The van der Waals surface area contributed by atoms with E-state index in [1.807, 2.05) is 0 Å². The molecule has 5 nitrogen and oxygen atoms in total. The predicted octanol–water partition coefficient (Wildman–Crippen LogP) is 3.72. The third-order valence-electron chi connectivity index (χ3n) is 3.46. The Hall–Kier alpha value is -1.57. The number of carbonyl (C=O) groups is 1. The van der Waals surface area contributed by atoms with Gasteiger partial charge in [0.15, 0.2) is 0 Å². The number of nitrogens with one attached hydrogen (secondary N) is 1. The smallest absolute Gasteiger partial charge is 0.271 e. The second kappa shape index (κ2) is 6.14. The summed E-state index contributed by atoms with van der Waals surface area (Å²) in [7, 11) is -3.64. The molecule has 1 aliphatic carbocycles. The fourth-order valence-electron chi connectivity index (χ4n) is 2.32. The van der Waals surface area contributed by atoms with E-state index in [1.165, 1.54) is 13.0 Å². The van der Waals surface area contributed by atoms with Gasteiger partial charge in [0.1, 0.15) is 4.21 Å². The van der Waals surface area contributed by atoms with Crippen LogP contribution < -0.4 is 9.62 Å². The molecule has 8 heteroatoms. The van der Waals surface area contributed by atoms with Gasteiger partial charge in [-0.1, -0.05) is 11.6 Å². The Bertz CT molecular complexity index is 827. The molecule has 2 aromatic rings. The van der Waals surface area contributed by atoms with Crippen LogP contribution in [0, 0.1) is 0 Å². The van der Waals surface area contributed by atoms with Gasteiger partial charge in [-0.15, -0.1) is 11.3 Å². The largest absolute Gasteiger partial charge is 0.310 e. The second-order valence-corrected chi connectivity index (χ2v) is 8.96. The molecular weight excluding hydrogens is 356 g/mol. The number of hydrogen-bond acceptors (Lipinski definition) is 4. The van der Waals surface area contributed by atoms with Crippen molar-refractivity contribution in [2.24, 2.45) is 0 Å². The van der Waals surface area contributed by atoms with Crippen molar-refractivity contribution in [2.45, 2.75) is 30.0 Å². The van der Waals surface area contributed by atoms with Crippen LogP contribution in [0.25, 0.3) is 0 Å². The molecule has 1 N–H and O–H groups in total. The van der Waals surface area contributed by atoms with Crippen molar-refractivity contribution in [3.63, 3.8) is 0 Å². The molecule has 0 atom stereocenters. The minimum absolute atomic E-state index is 0.00550. The average molecular weight is 371 g/mol. The van der Waals surface area contributed by atoms with E-state index in [-0.39, 0.29) is 16.2 Å². The molecule has 0 radical (unpaired) electrons. The summed E-state index contributed by atoms with van der Waals surface area (Å²) < 4.78 is 27.6. The van der Waals surface area contributed by atoms with Crippen molar-refractivity contribution in [1.29, 1.82) is 0 Å². The molecule has 1 aromatic heterocycles. The molecule has 23 heavy (non-hydrogen) atoms. The first-order valence-corrected chi connectivity index (χ1v) is 9.72. The first-order chi connectivity index (χ1) is 10.9. The van der Waals surface area contributed by atoms with Gasteiger partial charge in [-0.25, -0.2) is 8.42 Å². The third-order valence-corrected chi connectivity index (χ3v) is 6.57. The van der Waals surface area contributed by atoms with Crippen molar-refractivity contribution in [1.82, 2.24) is 0 Å². The highest BCUT2D eigenvalue weighted by Gasteiger charge is 2.31. The number of rotatable bonds is 5. The number of hydrogen-bond donors (Lipinski definition) is 1. The highest BCUT2D eigenvalue weighted by Crippen LogP contribution is 2.33. The van der Waals surface area contributed by atoms with Crippen LogP contribution in [-0.4, -0.2) is 20.4 Å². The Morgan fingerprint density at radius 2 is 1.87 bits per heavy atom. The molecule has 122 valence electrons. The molecule has 1 amide bonds. The lowest BCUT2D eigenvalue weighted by Crippen LogP contribution is -2.30. The van der Waals surface area contributed by atoms with Gasteiger partial charge in [0, 0.05) is 24.3 Å². The van der Waals surface area contributed by atoms with Crippen LogP contribution in [0.1, 0.15) is 19.8 Å². The van der Waals surface area contributed by atoms with Gasteiger partial charge in [-0.3, -0.25) is 9.52 Å². The van der Waals surface area contributed by atoms with Gasteiger partial charge in [-0.2, -0.15) is 0 Å². The molecule has 0 unspecified atom stereocenters. The maximum absolute atomic E-state index is 12.2. The van der Waals surface area contributed by atoms with E-state index in [4.69, 9.17) is 11.6 Å². The van der Waals surface area contributed by atoms with E-state index in [0.29, 0.717) is 10.0 Å². The summed E-state index contributed by atoms with van der Waals surface area (Å²) in [5, 5.41) is 0. The standard InChI is InChI=1S/C15H15ClN2O3S2/c1-10(19)18(13-6-7-13)12-4-2-11(3-5-12)17-23(20,21)15-9-8-14(16)22-15/h2-5,8-9,13,17H,6-7H2,1H3. The highest BCUT2D eigenvalue weighted by atomic mass is 35.5. The van der Waals surface area contributed by atoms with Crippen LogP contribution in [0.15, 0.2) is 40.6 Å². The first-order valence-electron chi connectivity index (χ1n) is 7.05. The number of benzene rings is 1. The van der Waals surface area contributed by atoms with Crippen molar-refractivity contribution in [2.75, 3.05) is 9.62 Å². The fourth-order valence-corrected chi connectivity index (χ4v) is 4.86. The molecule has 1 aromatic carbocycles. The van der Waals surface area contributed by atoms with Crippen molar-refractivity contribution < 1.29 is 13.2 Å². The van der Waals surface area contributed by atoms with Crippen LogP contribution in [0.2, 0.25) is 4.34 Å². The summed E-state index contributed by atoms with van der Waals surface area (Å²) >= 11 is 6.78. The summed E-state index contributed by atoms with van der Waals surface area (Å²) in [5.74, 6) is -0.00550. The SMILES string of the molecule is CC(=O)N(c1ccc(NS(=O)(=O)c2ccc(Cl)s2)cc1)C1CC1. The Labute approximate surface area is 143 Å². The molecule has 1 heterocycles. The molecule has 0 saturated heterocycles. The van der Waals surface area contributed by atoms with E-state index in [0.717, 1.165) is 29.9 Å². The number of halogens is 1. The highest BCUT2D eigenvalue weighted by molar-refractivity contribution is 7.94. The number of sulfonamides is 1. The summed E-state index contributed by atoms with van der Waals surface area (Å²) in [6.45, 7) is 1.54. The van der Waals surface area contributed by atoms with Crippen molar-refractivity contribution in [3.8, 4) is 0 Å². The molecule has 0 spiro atoms. The lowest BCUT2D eigenvalue weighted by Gasteiger charge is -2.21. The van der Waals surface area contributed by atoms with Gasteiger partial charge in [-0.05, 0) is 49.2 Å². The molecule has 1 aliphatic rings. The van der Waals surface area contributed by atoms with Crippen LogP contribution in [0.4, 0.5) is 11.4 Å². The first kappa shape index (κ1) is 16.3. The minimum Gasteiger partial charge on any atom is -0.310 e. The van der Waals surface area contributed by atoms with E-state index in [2.05, 4.69) is 4.72 Å². The Morgan fingerprint density at radius 3 is 2.35 bits per heavy atom. The zero-order valence-electron chi connectivity index (χ0n) is 12.3. The number of thiophene rings is 1. The molecule has 0 bridgehead atoms. The Kier molecular flexibility index (Phi) is 4.35. The monoisotopic (exact) mass is 370 g/mol. The van der Waals surface area contributed by atoms with E-state index in [1.54, 1.807) is 35.2 Å². The topological polar surface area (TPSA) is 66.5 Å². The predicted molar refractivity (Wildman–Crippen MR) is 92.8 cm³/mol.